The largest absolute Gasteiger partial charge is 0.487 e. The first kappa shape index (κ1) is 22.0. The van der Waals surface area contributed by atoms with E-state index in [0.717, 1.165) is 43.2 Å². The molecule has 1 saturated heterocycles. The molecule has 1 heterocycles. The van der Waals surface area contributed by atoms with E-state index < -0.39 is 0 Å². The van der Waals surface area contributed by atoms with Gasteiger partial charge in [-0.05, 0) is 86.2 Å². The topological polar surface area (TPSA) is 58.6 Å². The molecule has 2 aromatic carbocycles. The average molecular weight is 552 g/mol. The van der Waals surface area contributed by atoms with Crippen LogP contribution in [0.5, 0.6) is 5.75 Å². The zero-order valence-electron chi connectivity index (χ0n) is 16.7. The van der Waals surface area contributed by atoms with Gasteiger partial charge in [-0.15, -0.1) is 0 Å². The van der Waals surface area contributed by atoms with Crippen molar-refractivity contribution in [2.75, 3.05) is 0 Å². The first-order valence-corrected chi connectivity index (χ1v) is 11.7. The number of imide groups is 1. The van der Waals surface area contributed by atoms with Crippen molar-refractivity contribution in [2.24, 2.45) is 0 Å². The van der Waals surface area contributed by atoms with Crippen LogP contribution in [-0.4, -0.2) is 22.9 Å². The zero-order chi connectivity index (χ0) is 22.0. The summed E-state index contributed by atoms with van der Waals surface area (Å²) in [5, 5.41) is 2.71. The molecule has 162 valence electrons. The zero-order valence-corrected chi connectivity index (χ0v) is 19.8. The first-order chi connectivity index (χ1) is 14.9. The lowest BCUT2D eigenvalue weighted by Gasteiger charge is -2.28. The third-order valence-electron chi connectivity index (χ3n) is 5.48. The van der Waals surface area contributed by atoms with Gasteiger partial charge in [-0.1, -0.05) is 31.4 Å². The molecule has 1 N–H and O–H groups in total. The summed E-state index contributed by atoms with van der Waals surface area (Å²) in [5.74, 6) is 0.0250. The SMILES string of the molecule is O=C1N/C(=C\c2cc(Br)c(OCc3ccc(F)cc3)c(Br)c2)C(=O)N1C1CCCCC1. The summed E-state index contributed by atoms with van der Waals surface area (Å²) >= 11 is 7.01. The minimum absolute atomic E-state index is 0.0205. The fourth-order valence-electron chi connectivity index (χ4n) is 3.92. The molecule has 31 heavy (non-hydrogen) atoms. The van der Waals surface area contributed by atoms with Gasteiger partial charge in [0.2, 0.25) is 0 Å². The van der Waals surface area contributed by atoms with Crippen LogP contribution in [0.1, 0.15) is 43.2 Å². The standard InChI is InChI=1S/C23H21Br2FN2O3/c24-18-10-15(11-19(25)21(18)31-13-14-6-8-16(26)9-7-14)12-20-22(29)28(23(30)27-20)17-4-2-1-3-5-17/h6-12,17H,1-5,13H2,(H,27,30)/b20-12-. The minimum atomic E-state index is -0.347. The lowest BCUT2D eigenvalue weighted by atomic mass is 9.94. The van der Waals surface area contributed by atoms with Crippen LogP contribution in [0.15, 0.2) is 51.0 Å². The summed E-state index contributed by atoms with van der Waals surface area (Å²) < 4.78 is 20.3. The number of nitrogens with one attached hydrogen (secondary N) is 1. The molecule has 0 spiro atoms. The van der Waals surface area contributed by atoms with Gasteiger partial charge in [-0.3, -0.25) is 9.69 Å². The van der Waals surface area contributed by atoms with Gasteiger partial charge in [0.1, 0.15) is 23.9 Å². The van der Waals surface area contributed by atoms with Crippen molar-refractivity contribution in [3.8, 4) is 5.75 Å². The van der Waals surface area contributed by atoms with Crippen LogP contribution in [0.2, 0.25) is 0 Å². The number of hydrogen-bond donors (Lipinski definition) is 1. The van der Waals surface area contributed by atoms with E-state index >= 15 is 0 Å². The van der Waals surface area contributed by atoms with Gasteiger partial charge in [0, 0.05) is 6.04 Å². The number of ether oxygens (including phenoxy) is 1. The Morgan fingerprint density at radius 3 is 2.35 bits per heavy atom. The molecule has 1 saturated carbocycles. The highest BCUT2D eigenvalue weighted by Gasteiger charge is 2.38. The second kappa shape index (κ2) is 9.53. The van der Waals surface area contributed by atoms with Crippen molar-refractivity contribution in [3.05, 3.63) is 68.0 Å². The van der Waals surface area contributed by atoms with Gasteiger partial charge >= 0.3 is 6.03 Å². The van der Waals surface area contributed by atoms with E-state index in [1.165, 1.54) is 17.0 Å². The molecule has 0 unspecified atom stereocenters. The molecule has 1 aliphatic heterocycles. The van der Waals surface area contributed by atoms with Gasteiger partial charge in [-0.2, -0.15) is 0 Å². The lowest BCUT2D eigenvalue weighted by molar-refractivity contribution is -0.124. The van der Waals surface area contributed by atoms with Crippen molar-refractivity contribution in [1.82, 2.24) is 10.2 Å². The molecule has 0 atom stereocenters. The monoisotopic (exact) mass is 550 g/mol. The smallest absolute Gasteiger partial charge is 0.329 e. The molecule has 0 bridgehead atoms. The van der Waals surface area contributed by atoms with E-state index in [-0.39, 0.29) is 36.1 Å². The maximum absolute atomic E-state index is 13.1. The molecule has 0 radical (unpaired) electrons. The van der Waals surface area contributed by atoms with E-state index in [4.69, 9.17) is 4.74 Å². The van der Waals surface area contributed by atoms with Crippen molar-refractivity contribution < 1.29 is 18.7 Å². The molecule has 2 aliphatic rings. The Balaban J connectivity index is 1.49. The quantitative estimate of drug-likeness (QED) is 0.358. The van der Waals surface area contributed by atoms with Gasteiger partial charge in [0.05, 0.1) is 8.95 Å². The Morgan fingerprint density at radius 1 is 1.06 bits per heavy atom. The summed E-state index contributed by atoms with van der Waals surface area (Å²) in [5.41, 5.74) is 1.85. The number of nitrogens with zero attached hydrogens (tertiary/aromatic N) is 1. The predicted octanol–water partition coefficient (Wildman–Crippen LogP) is 6.16. The predicted molar refractivity (Wildman–Crippen MR) is 123 cm³/mol. The number of carbonyl (C=O) groups is 2. The van der Waals surface area contributed by atoms with Gasteiger partial charge in [-0.25, -0.2) is 9.18 Å². The Hall–Kier alpha value is -2.19. The third-order valence-corrected chi connectivity index (χ3v) is 6.66. The van der Waals surface area contributed by atoms with Crippen molar-refractivity contribution >= 4 is 49.9 Å². The summed E-state index contributed by atoms with van der Waals surface area (Å²) in [6.07, 6.45) is 6.64. The minimum Gasteiger partial charge on any atom is -0.487 e. The number of benzene rings is 2. The molecule has 3 amide bonds. The third kappa shape index (κ3) is 5.01. The molecule has 2 fully saturated rings. The van der Waals surface area contributed by atoms with Crippen LogP contribution in [0, 0.1) is 5.82 Å². The molecule has 5 nitrogen and oxygen atoms in total. The summed E-state index contributed by atoms with van der Waals surface area (Å²) in [6, 6.07) is 9.39. The fourth-order valence-corrected chi connectivity index (χ4v) is 5.37. The second-order valence-electron chi connectivity index (χ2n) is 7.68. The maximum atomic E-state index is 13.1. The highest BCUT2D eigenvalue weighted by molar-refractivity contribution is 9.11. The number of carbonyl (C=O) groups excluding carboxylic acids is 2. The molecule has 4 rings (SSSR count). The Morgan fingerprint density at radius 2 is 1.71 bits per heavy atom. The molecular weight excluding hydrogens is 531 g/mol. The number of amides is 3. The van der Waals surface area contributed by atoms with Crippen LogP contribution in [0.4, 0.5) is 9.18 Å². The molecule has 1 aliphatic carbocycles. The van der Waals surface area contributed by atoms with Gasteiger partial charge in [0.25, 0.3) is 5.91 Å². The van der Waals surface area contributed by atoms with Crippen LogP contribution in [-0.2, 0) is 11.4 Å². The molecule has 2 aromatic rings. The Kier molecular flexibility index (Phi) is 6.77. The number of hydrogen-bond acceptors (Lipinski definition) is 3. The normalized spacial score (nSPS) is 18.5. The second-order valence-corrected chi connectivity index (χ2v) is 9.39. The number of urea groups is 1. The first-order valence-electron chi connectivity index (χ1n) is 10.1. The van der Waals surface area contributed by atoms with Crippen molar-refractivity contribution in [1.29, 1.82) is 0 Å². The Labute approximate surface area is 196 Å². The maximum Gasteiger partial charge on any atom is 0.329 e. The lowest BCUT2D eigenvalue weighted by Crippen LogP contribution is -2.41. The van der Waals surface area contributed by atoms with Crippen molar-refractivity contribution in [3.63, 3.8) is 0 Å². The number of rotatable bonds is 5. The van der Waals surface area contributed by atoms with Crippen molar-refractivity contribution in [2.45, 2.75) is 44.8 Å². The highest BCUT2D eigenvalue weighted by Crippen LogP contribution is 2.36. The number of halogens is 3. The Bertz CT molecular complexity index is 1010. The summed E-state index contributed by atoms with van der Waals surface area (Å²) in [7, 11) is 0. The van der Waals surface area contributed by atoms with Crippen LogP contribution in [0.25, 0.3) is 6.08 Å². The average Bonchev–Trinajstić information content (AvgIpc) is 3.02. The van der Waals surface area contributed by atoms with E-state index in [0.29, 0.717) is 14.7 Å². The van der Waals surface area contributed by atoms with E-state index in [9.17, 15) is 14.0 Å². The van der Waals surface area contributed by atoms with Crippen LogP contribution >= 0.6 is 31.9 Å². The van der Waals surface area contributed by atoms with Crippen LogP contribution in [0.3, 0.4) is 0 Å². The molecule has 0 aromatic heterocycles. The van der Waals surface area contributed by atoms with Gasteiger partial charge < -0.3 is 10.1 Å². The summed E-state index contributed by atoms with van der Waals surface area (Å²) in [4.78, 5) is 26.6. The highest BCUT2D eigenvalue weighted by atomic mass is 79.9. The van der Waals surface area contributed by atoms with Crippen LogP contribution < -0.4 is 10.1 Å². The van der Waals surface area contributed by atoms with E-state index in [1.54, 1.807) is 18.2 Å². The van der Waals surface area contributed by atoms with Gasteiger partial charge in [0.15, 0.2) is 0 Å². The molecular formula is C23H21Br2FN2O3. The van der Waals surface area contributed by atoms with E-state index in [2.05, 4.69) is 37.2 Å². The summed E-state index contributed by atoms with van der Waals surface area (Å²) in [6.45, 7) is 0.281. The van der Waals surface area contributed by atoms with E-state index in [1.807, 2.05) is 12.1 Å². The molecule has 8 heteroatoms. The fraction of sp³-hybridized carbons (Fsp3) is 0.304.